The molecule has 4 nitrogen and oxygen atoms in total. The van der Waals surface area contributed by atoms with E-state index in [1.165, 1.54) is 0 Å². The van der Waals surface area contributed by atoms with E-state index in [0.29, 0.717) is 46.5 Å². The average Bonchev–Trinajstić information content (AvgIpc) is 3.01. The maximum absolute atomic E-state index is 11.7. The van der Waals surface area contributed by atoms with Crippen LogP contribution in [0.2, 0.25) is 10.0 Å². The normalized spacial score (nSPS) is 25.1. The van der Waals surface area contributed by atoms with Crippen LogP contribution in [-0.2, 0) is 16.4 Å². The fraction of sp³-hybridized carbons (Fsp3) is 0.625. The van der Waals surface area contributed by atoms with E-state index in [2.05, 4.69) is 10.2 Å². The Balaban J connectivity index is 1.78. The third kappa shape index (κ3) is 4.40. The van der Waals surface area contributed by atoms with Crippen molar-refractivity contribution < 1.29 is 8.42 Å². The Bertz CT molecular complexity index is 646. The van der Waals surface area contributed by atoms with Gasteiger partial charge in [0.05, 0.1) is 11.5 Å². The van der Waals surface area contributed by atoms with Gasteiger partial charge < -0.3 is 5.32 Å². The topological polar surface area (TPSA) is 49.4 Å². The van der Waals surface area contributed by atoms with Crippen molar-refractivity contribution in [2.75, 3.05) is 24.6 Å². The smallest absolute Gasteiger partial charge is 0.150 e. The SMILES string of the molecule is O=S1(=O)CCC(N(Cc2ccc(Cl)cc2Cl)[C@H]2CCNC2)CC1. The molecule has 1 atom stereocenters. The molecule has 2 aliphatic rings. The highest BCUT2D eigenvalue weighted by Gasteiger charge is 2.33. The molecule has 1 aromatic carbocycles. The van der Waals surface area contributed by atoms with Crippen LogP contribution in [0.5, 0.6) is 0 Å². The summed E-state index contributed by atoms with van der Waals surface area (Å²) in [7, 11) is -2.85. The van der Waals surface area contributed by atoms with Gasteiger partial charge in [-0.15, -0.1) is 0 Å². The van der Waals surface area contributed by atoms with Crippen LogP contribution in [0, 0.1) is 0 Å². The largest absolute Gasteiger partial charge is 0.315 e. The minimum Gasteiger partial charge on any atom is -0.315 e. The van der Waals surface area contributed by atoms with E-state index in [1.807, 2.05) is 12.1 Å². The van der Waals surface area contributed by atoms with Crippen molar-refractivity contribution in [3.63, 3.8) is 0 Å². The lowest BCUT2D eigenvalue weighted by atomic mass is 10.0. The first-order valence-electron chi connectivity index (χ1n) is 8.05. The predicted molar refractivity (Wildman–Crippen MR) is 95.0 cm³/mol. The zero-order valence-electron chi connectivity index (χ0n) is 13.0. The number of hydrogen-bond donors (Lipinski definition) is 1. The highest BCUT2D eigenvalue weighted by molar-refractivity contribution is 7.91. The van der Waals surface area contributed by atoms with E-state index in [0.717, 1.165) is 31.6 Å². The summed E-state index contributed by atoms with van der Waals surface area (Å²) in [5.41, 5.74) is 1.05. The molecule has 0 spiro atoms. The quantitative estimate of drug-likeness (QED) is 0.877. The van der Waals surface area contributed by atoms with Crippen LogP contribution in [0.1, 0.15) is 24.8 Å². The number of nitrogens with one attached hydrogen (secondary N) is 1. The second-order valence-electron chi connectivity index (χ2n) is 6.44. The standard InChI is InChI=1S/C16H22Cl2N2O2S/c17-13-2-1-12(16(18)9-13)11-20(15-3-6-19-10-15)14-4-7-23(21,22)8-5-14/h1-2,9,14-15,19H,3-8,10-11H2/t15-/m0/s1. The van der Waals surface area contributed by atoms with Crippen LogP contribution in [0.4, 0.5) is 0 Å². The van der Waals surface area contributed by atoms with Crippen molar-refractivity contribution in [1.29, 1.82) is 0 Å². The molecule has 0 bridgehead atoms. The molecular weight excluding hydrogens is 355 g/mol. The van der Waals surface area contributed by atoms with Gasteiger partial charge in [0.15, 0.2) is 0 Å². The van der Waals surface area contributed by atoms with Crippen molar-refractivity contribution in [1.82, 2.24) is 10.2 Å². The van der Waals surface area contributed by atoms with Gasteiger partial charge in [0, 0.05) is 35.2 Å². The summed E-state index contributed by atoms with van der Waals surface area (Å²) in [4.78, 5) is 2.45. The van der Waals surface area contributed by atoms with Crippen LogP contribution in [0.15, 0.2) is 18.2 Å². The third-order valence-electron chi connectivity index (χ3n) is 4.86. The van der Waals surface area contributed by atoms with Gasteiger partial charge >= 0.3 is 0 Å². The Morgan fingerprint density at radius 3 is 2.48 bits per heavy atom. The van der Waals surface area contributed by atoms with Crippen molar-refractivity contribution in [2.45, 2.75) is 37.9 Å². The van der Waals surface area contributed by atoms with E-state index < -0.39 is 9.84 Å². The number of benzene rings is 1. The van der Waals surface area contributed by atoms with Crippen molar-refractivity contribution in [3.05, 3.63) is 33.8 Å². The van der Waals surface area contributed by atoms with Gasteiger partial charge in [-0.05, 0) is 43.5 Å². The molecule has 1 N–H and O–H groups in total. The minimum atomic E-state index is -2.85. The highest BCUT2D eigenvalue weighted by Crippen LogP contribution is 2.28. The van der Waals surface area contributed by atoms with E-state index >= 15 is 0 Å². The van der Waals surface area contributed by atoms with Crippen LogP contribution in [-0.4, -0.2) is 50.0 Å². The first-order valence-corrected chi connectivity index (χ1v) is 10.6. The number of rotatable bonds is 4. The molecule has 23 heavy (non-hydrogen) atoms. The summed E-state index contributed by atoms with van der Waals surface area (Å²) >= 11 is 12.3. The van der Waals surface area contributed by atoms with E-state index in [9.17, 15) is 8.42 Å². The zero-order chi connectivity index (χ0) is 16.4. The van der Waals surface area contributed by atoms with Gasteiger partial charge in [-0.2, -0.15) is 0 Å². The lowest BCUT2D eigenvalue weighted by Gasteiger charge is -2.38. The van der Waals surface area contributed by atoms with Crippen LogP contribution >= 0.6 is 23.2 Å². The molecule has 7 heteroatoms. The maximum Gasteiger partial charge on any atom is 0.150 e. The van der Waals surface area contributed by atoms with Gasteiger partial charge in [0.25, 0.3) is 0 Å². The number of hydrogen-bond acceptors (Lipinski definition) is 4. The molecular formula is C16H22Cl2N2O2S. The molecule has 3 rings (SSSR count). The minimum absolute atomic E-state index is 0.294. The van der Waals surface area contributed by atoms with Gasteiger partial charge in [0.2, 0.25) is 0 Å². The lowest BCUT2D eigenvalue weighted by Crippen LogP contribution is -2.47. The summed E-state index contributed by atoms with van der Waals surface area (Å²) < 4.78 is 23.4. The molecule has 0 aromatic heterocycles. The monoisotopic (exact) mass is 376 g/mol. The lowest BCUT2D eigenvalue weighted by molar-refractivity contribution is 0.124. The molecule has 2 aliphatic heterocycles. The second kappa shape index (κ2) is 7.28. The Kier molecular flexibility index (Phi) is 5.53. The second-order valence-corrected chi connectivity index (χ2v) is 9.58. The van der Waals surface area contributed by atoms with E-state index in [-0.39, 0.29) is 0 Å². The fourth-order valence-corrected chi connectivity index (χ4v) is 5.47. The van der Waals surface area contributed by atoms with Crippen molar-refractivity contribution >= 4 is 33.0 Å². The Morgan fingerprint density at radius 2 is 1.87 bits per heavy atom. The fourth-order valence-electron chi connectivity index (χ4n) is 3.53. The molecule has 0 aliphatic carbocycles. The van der Waals surface area contributed by atoms with Gasteiger partial charge in [-0.3, -0.25) is 4.90 Å². The number of sulfone groups is 1. The van der Waals surface area contributed by atoms with Gasteiger partial charge in [-0.1, -0.05) is 29.3 Å². The van der Waals surface area contributed by atoms with Crippen molar-refractivity contribution in [2.24, 2.45) is 0 Å². The third-order valence-corrected chi connectivity index (χ3v) is 7.17. The molecule has 2 fully saturated rings. The predicted octanol–water partition coefficient (Wildman–Crippen LogP) is 2.73. The summed E-state index contributed by atoms with van der Waals surface area (Å²) in [5, 5.41) is 4.72. The molecule has 2 saturated heterocycles. The molecule has 0 radical (unpaired) electrons. The molecule has 0 saturated carbocycles. The number of nitrogens with zero attached hydrogens (tertiary/aromatic N) is 1. The zero-order valence-corrected chi connectivity index (χ0v) is 15.3. The molecule has 128 valence electrons. The van der Waals surface area contributed by atoms with Crippen LogP contribution in [0.3, 0.4) is 0 Å². The molecule has 0 amide bonds. The summed E-state index contributed by atoms with van der Waals surface area (Å²) in [5.74, 6) is 0.589. The van der Waals surface area contributed by atoms with E-state index in [1.54, 1.807) is 6.07 Å². The highest BCUT2D eigenvalue weighted by atomic mass is 35.5. The van der Waals surface area contributed by atoms with Gasteiger partial charge in [-0.25, -0.2) is 8.42 Å². The first kappa shape index (κ1) is 17.5. The molecule has 0 unspecified atom stereocenters. The maximum atomic E-state index is 11.7. The van der Waals surface area contributed by atoms with E-state index in [4.69, 9.17) is 23.2 Å². The molecule has 1 aromatic rings. The van der Waals surface area contributed by atoms with Crippen molar-refractivity contribution in [3.8, 4) is 0 Å². The van der Waals surface area contributed by atoms with Crippen LogP contribution < -0.4 is 5.32 Å². The summed E-state index contributed by atoms with van der Waals surface area (Å²) in [6, 6.07) is 6.34. The Morgan fingerprint density at radius 1 is 1.13 bits per heavy atom. The Hall–Kier alpha value is -0.330. The summed E-state index contributed by atoms with van der Waals surface area (Å²) in [6.07, 6.45) is 2.52. The Labute approximate surface area is 148 Å². The van der Waals surface area contributed by atoms with Gasteiger partial charge in [0.1, 0.15) is 9.84 Å². The number of halogens is 2. The molecule has 2 heterocycles. The summed E-state index contributed by atoms with van der Waals surface area (Å²) in [6.45, 7) is 2.71. The average molecular weight is 377 g/mol. The first-order chi connectivity index (χ1) is 10.9. The van der Waals surface area contributed by atoms with Crippen LogP contribution in [0.25, 0.3) is 0 Å².